The number of fused-ring (bicyclic) bond motifs is 1. The highest BCUT2D eigenvalue weighted by molar-refractivity contribution is 6.05. The Labute approximate surface area is 221 Å². The van der Waals surface area contributed by atoms with Crippen LogP contribution in [0.5, 0.6) is 0 Å². The summed E-state index contributed by atoms with van der Waals surface area (Å²) in [7, 11) is 0. The molecule has 38 heavy (non-hydrogen) atoms. The number of morpholine rings is 1. The van der Waals surface area contributed by atoms with E-state index in [1.54, 1.807) is 6.20 Å². The van der Waals surface area contributed by atoms with Crippen molar-refractivity contribution < 1.29 is 14.3 Å². The Morgan fingerprint density at radius 2 is 1.97 bits per heavy atom. The second-order valence-electron chi connectivity index (χ2n) is 9.91. The van der Waals surface area contributed by atoms with Crippen molar-refractivity contribution in [2.24, 2.45) is 0 Å². The van der Waals surface area contributed by atoms with Gasteiger partial charge in [-0.15, -0.1) is 0 Å². The maximum atomic E-state index is 12.0. The first-order valence-corrected chi connectivity index (χ1v) is 13.3. The molecule has 2 aliphatic rings. The lowest BCUT2D eigenvalue weighted by molar-refractivity contribution is -0.114. The van der Waals surface area contributed by atoms with E-state index in [9.17, 15) is 4.79 Å². The number of rotatable bonds is 5. The summed E-state index contributed by atoms with van der Waals surface area (Å²) < 4.78 is 13.7. The van der Waals surface area contributed by atoms with Crippen LogP contribution < -0.4 is 10.2 Å². The van der Waals surface area contributed by atoms with Crippen LogP contribution in [0, 0.1) is 0 Å². The molecule has 0 spiro atoms. The van der Waals surface area contributed by atoms with Gasteiger partial charge >= 0.3 is 0 Å². The molecule has 1 aromatic carbocycles. The lowest BCUT2D eigenvalue weighted by atomic mass is 9.98. The van der Waals surface area contributed by atoms with Crippen LogP contribution in [0.4, 0.5) is 11.5 Å². The number of pyridine rings is 2. The lowest BCUT2D eigenvalue weighted by Crippen LogP contribution is -2.44. The van der Waals surface area contributed by atoms with Gasteiger partial charge in [-0.1, -0.05) is 18.2 Å². The quantitative estimate of drug-likeness (QED) is 0.400. The molecule has 196 valence electrons. The van der Waals surface area contributed by atoms with Gasteiger partial charge in [0.1, 0.15) is 17.0 Å². The number of hydrogen-bond donors (Lipinski definition) is 1. The smallest absolute Gasteiger partial charge is 0.221 e. The zero-order chi connectivity index (χ0) is 26.1. The molecule has 4 aromatic rings. The van der Waals surface area contributed by atoms with Crippen LogP contribution in [0.3, 0.4) is 0 Å². The summed E-state index contributed by atoms with van der Waals surface area (Å²) in [6, 6.07) is 14.2. The van der Waals surface area contributed by atoms with Gasteiger partial charge in [-0.2, -0.15) is 5.10 Å². The van der Waals surface area contributed by atoms with Gasteiger partial charge in [0.15, 0.2) is 6.23 Å². The molecule has 2 atom stereocenters. The number of hydrogen-bond acceptors (Lipinski definition) is 7. The van der Waals surface area contributed by atoms with Gasteiger partial charge in [0, 0.05) is 49.1 Å². The van der Waals surface area contributed by atoms with Crippen LogP contribution in [0.1, 0.15) is 39.3 Å². The maximum Gasteiger partial charge on any atom is 0.221 e. The number of carbonyl (C=O) groups excluding carboxylic acids is 1. The predicted octanol–water partition coefficient (Wildman–Crippen LogP) is 5.04. The molecular formula is C29H32N6O3. The summed E-state index contributed by atoms with van der Waals surface area (Å²) in [5.74, 6) is 0.742. The molecule has 9 nitrogen and oxygen atoms in total. The maximum absolute atomic E-state index is 12.0. The van der Waals surface area contributed by atoms with E-state index >= 15 is 0 Å². The third-order valence-corrected chi connectivity index (χ3v) is 7.25. The van der Waals surface area contributed by atoms with Gasteiger partial charge in [-0.05, 0) is 56.0 Å². The minimum absolute atomic E-state index is 0.114. The molecule has 1 amide bonds. The number of anilines is 2. The first-order valence-electron chi connectivity index (χ1n) is 13.3. The van der Waals surface area contributed by atoms with E-state index in [1.807, 2.05) is 47.3 Å². The topological polar surface area (TPSA) is 94.4 Å². The Morgan fingerprint density at radius 1 is 1.08 bits per heavy atom. The molecule has 2 unspecified atom stereocenters. The highest BCUT2D eigenvalue weighted by Crippen LogP contribution is 2.39. The molecule has 2 aliphatic heterocycles. The largest absolute Gasteiger partial charge is 0.377 e. The summed E-state index contributed by atoms with van der Waals surface area (Å²) in [6.07, 6.45) is 6.59. The number of nitrogens with zero attached hydrogens (tertiary/aromatic N) is 5. The number of carbonyl (C=O) groups is 1. The molecule has 1 N–H and O–H groups in total. The van der Waals surface area contributed by atoms with E-state index in [2.05, 4.69) is 28.3 Å². The van der Waals surface area contributed by atoms with Crippen molar-refractivity contribution in [2.45, 2.75) is 45.4 Å². The fourth-order valence-electron chi connectivity index (χ4n) is 5.43. The summed E-state index contributed by atoms with van der Waals surface area (Å²) in [6.45, 7) is 6.44. The van der Waals surface area contributed by atoms with Crippen molar-refractivity contribution in [2.75, 3.05) is 36.6 Å². The number of para-hydroxylation sites is 1. The summed E-state index contributed by atoms with van der Waals surface area (Å²) in [5.41, 5.74) is 5.09. The molecule has 2 saturated heterocycles. The summed E-state index contributed by atoms with van der Waals surface area (Å²) >= 11 is 0. The molecule has 0 aliphatic carbocycles. The van der Waals surface area contributed by atoms with Crippen molar-refractivity contribution in [3.63, 3.8) is 0 Å². The van der Waals surface area contributed by atoms with Crippen LogP contribution in [-0.2, 0) is 14.3 Å². The monoisotopic (exact) mass is 512 g/mol. The Morgan fingerprint density at radius 3 is 2.79 bits per heavy atom. The first-order chi connectivity index (χ1) is 18.6. The van der Waals surface area contributed by atoms with Gasteiger partial charge in [-0.3, -0.25) is 9.78 Å². The molecule has 9 heteroatoms. The summed E-state index contributed by atoms with van der Waals surface area (Å²) in [4.78, 5) is 24.4. The Hall–Kier alpha value is -3.82. The number of nitrogens with one attached hydrogen (secondary N) is 1. The Kier molecular flexibility index (Phi) is 6.78. The van der Waals surface area contributed by atoms with Crippen molar-refractivity contribution in [1.82, 2.24) is 19.7 Å². The minimum Gasteiger partial charge on any atom is -0.377 e. The third kappa shape index (κ3) is 4.63. The van der Waals surface area contributed by atoms with Crippen LogP contribution in [0.15, 0.2) is 54.9 Å². The van der Waals surface area contributed by atoms with Crippen molar-refractivity contribution in [1.29, 1.82) is 0 Å². The number of aromatic nitrogens is 4. The molecule has 0 bridgehead atoms. The van der Waals surface area contributed by atoms with Gasteiger partial charge in [0.2, 0.25) is 5.91 Å². The second kappa shape index (κ2) is 10.5. The van der Waals surface area contributed by atoms with Crippen LogP contribution in [-0.4, -0.2) is 58.1 Å². The average Bonchev–Trinajstić information content (AvgIpc) is 3.43. The van der Waals surface area contributed by atoms with E-state index in [-0.39, 0.29) is 18.2 Å². The minimum atomic E-state index is -0.117. The molecule has 0 radical (unpaired) electrons. The summed E-state index contributed by atoms with van der Waals surface area (Å²) in [5, 5.41) is 8.58. The number of benzene rings is 1. The number of amides is 1. The van der Waals surface area contributed by atoms with Crippen LogP contribution in [0.2, 0.25) is 0 Å². The molecule has 5 heterocycles. The lowest BCUT2D eigenvalue weighted by Gasteiger charge is -2.34. The van der Waals surface area contributed by atoms with Crippen molar-refractivity contribution in [3.8, 4) is 22.5 Å². The fourth-order valence-corrected chi connectivity index (χ4v) is 5.43. The highest BCUT2D eigenvalue weighted by atomic mass is 16.5. The normalized spacial score (nSPS) is 20.0. The third-order valence-electron chi connectivity index (χ3n) is 7.25. The van der Waals surface area contributed by atoms with Gasteiger partial charge < -0.3 is 19.7 Å². The molecule has 6 rings (SSSR count). The predicted molar refractivity (Wildman–Crippen MR) is 147 cm³/mol. The molecule has 3 aromatic heterocycles. The number of ether oxygens (including phenoxy) is 2. The highest BCUT2D eigenvalue weighted by Gasteiger charge is 2.26. The van der Waals surface area contributed by atoms with E-state index in [1.165, 1.54) is 6.92 Å². The molecule has 2 fully saturated rings. The van der Waals surface area contributed by atoms with Crippen molar-refractivity contribution >= 4 is 28.3 Å². The van der Waals surface area contributed by atoms with E-state index < -0.39 is 0 Å². The van der Waals surface area contributed by atoms with Crippen LogP contribution >= 0.6 is 0 Å². The molecule has 0 saturated carbocycles. The second-order valence-corrected chi connectivity index (χ2v) is 9.91. The Balaban J connectivity index is 1.58. The van der Waals surface area contributed by atoms with Gasteiger partial charge in [-0.25, -0.2) is 9.67 Å². The van der Waals surface area contributed by atoms with Crippen molar-refractivity contribution in [3.05, 3.63) is 54.9 Å². The van der Waals surface area contributed by atoms with Crippen LogP contribution in [0.25, 0.3) is 33.4 Å². The average molecular weight is 513 g/mol. The zero-order valence-electron chi connectivity index (χ0n) is 21.8. The first kappa shape index (κ1) is 24.5. The zero-order valence-corrected chi connectivity index (χ0v) is 21.8. The fraction of sp³-hybridized carbons (Fsp3) is 0.379. The SMILES string of the molecule is CC(=O)Nc1ccccc1-c1cc(N2CCOCC2C)nc2c(-c3ccnn3C3CCCCO3)nccc12. The molecular weight excluding hydrogens is 480 g/mol. The standard InChI is InChI=1S/C29H32N6O3/c1-19-18-37-16-14-34(19)26-17-23(21-7-3-4-8-24(21)32-20(2)36)22-10-12-30-29(28(22)33-26)25-11-13-31-35(25)27-9-5-6-15-38-27/h3-4,7-8,10-13,17,19,27H,5-6,9,14-16,18H2,1-2H3,(H,32,36). The van der Waals surface area contributed by atoms with E-state index in [0.29, 0.717) is 13.2 Å². The Bertz CT molecular complexity index is 1460. The van der Waals surface area contributed by atoms with Gasteiger partial charge in [0.25, 0.3) is 0 Å². The van der Waals surface area contributed by atoms with E-state index in [0.717, 1.165) is 77.3 Å². The van der Waals surface area contributed by atoms with E-state index in [4.69, 9.17) is 19.4 Å². The van der Waals surface area contributed by atoms with Gasteiger partial charge in [0.05, 0.1) is 24.9 Å².